The molecule has 2 heterocycles. The van der Waals surface area contributed by atoms with Crippen molar-refractivity contribution in [1.82, 2.24) is 14.6 Å². The van der Waals surface area contributed by atoms with Gasteiger partial charge in [-0.2, -0.15) is 4.31 Å². The van der Waals surface area contributed by atoms with Gasteiger partial charge in [-0.25, -0.2) is 8.42 Å². The van der Waals surface area contributed by atoms with Gasteiger partial charge in [-0.1, -0.05) is 18.2 Å². The van der Waals surface area contributed by atoms with E-state index in [-0.39, 0.29) is 29.8 Å². The zero-order valence-electron chi connectivity index (χ0n) is 16.9. The molecule has 1 fully saturated rings. The number of amides is 2. The van der Waals surface area contributed by atoms with E-state index in [2.05, 4.69) is 15.6 Å². The Morgan fingerprint density at radius 3 is 2.71 bits per heavy atom. The minimum absolute atomic E-state index is 0.106. The Morgan fingerprint density at radius 2 is 1.90 bits per heavy atom. The van der Waals surface area contributed by atoms with E-state index >= 15 is 0 Å². The van der Waals surface area contributed by atoms with Crippen LogP contribution in [0.4, 0.5) is 5.69 Å². The van der Waals surface area contributed by atoms with E-state index in [4.69, 9.17) is 0 Å². The molecule has 1 aliphatic rings. The number of carbonyl (C=O) groups is 2. The van der Waals surface area contributed by atoms with E-state index in [1.165, 1.54) is 4.31 Å². The first-order valence-electron chi connectivity index (χ1n) is 10.1. The highest BCUT2D eigenvalue weighted by molar-refractivity contribution is 7.89. The molecule has 162 valence electrons. The third-order valence-corrected chi connectivity index (χ3v) is 7.28. The highest BCUT2D eigenvalue weighted by Gasteiger charge is 2.33. The molecule has 0 aliphatic carbocycles. The molecule has 0 spiro atoms. The molecule has 2 aromatic carbocycles. The van der Waals surface area contributed by atoms with Crippen molar-refractivity contribution >= 4 is 38.4 Å². The maximum Gasteiger partial charge on any atom is 0.243 e. The van der Waals surface area contributed by atoms with Crippen LogP contribution in [0.5, 0.6) is 0 Å². The fraction of sp³-hybridized carbons (Fsp3) is 0.273. The summed E-state index contributed by atoms with van der Waals surface area (Å²) in [4.78, 5) is 28.1. The highest BCUT2D eigenvalue weighted by atomic mass is 32.2. The largest absolute Gasteiger partial charge is 0.361 e. The number of aromatic amines is 1. The van der Waals surface area contributed by atoms with Crippen LogP contribution in [0.1, 0.15) is 12.8 Å². The van der Waals surface area contributed by atoms with E-state index in [1.807, 2.05) is 24.4 Å². The molecule has 8 nitrogen and oxygen atoms in total. The van der Waals surface area contributed by atoms with E-state index in [9.17, 15) is 18.0 Å². The molecule has 2 amide bonds. The molecule has 31 heavy (non-hydrogen) atoms. The third-order valence-electron chi connectivity index (χ3n) is 5.40. The lowest BCUT2D eigenvalue weighted by Gasteiger charge is -2.31. The predicted molar refractivity (Wildman–Crippen MR) is 118 cm³/mol. The molecule has 3 N–H and O–H groups in total. The number of fused-ring (bicyclic) bond motifs is 1. The number of aromatic nitrogens is 1. The molecule has 1 aliphatic heterocycles. The van der Waals surface area contributed by atoms with Gasteiger partial charge < -0.3 is 15.6 Å². The third kappa shape index (κ3) is 4.78. The Hall–Kier alpha value is -3.17. The summed E-state index contributed by atoms with van der Waals surface area (Å²) in [5.41, 5.74) is 1.61. The summed E-state index contributed by atoms with van der Waals surface area (Å²) in [5, 5.41) is 6.38. The smallest absolute Gasteiger partial charge is 0.243 e. The minimum Gasteiger partial charge on any atom is -0.361 e. The van der Waals surface area contributed by atoms with Gasteiger partial charge in [-0.05, 0) is 49.2 Å². The molecule has 3 aromatic rings. The normalized spacial score (nSPS) is 17.4. The van der Waals surface area contributed by atoms with Gasteiger partial charge in [0.1, 0.15) is 0 Å². The topological polar surface area (TPSA) is 111 Å². The SMILES string of the molecule is O=C(CNC(=O)[C@@H]1CCCN(S(=O)(=O)c2ccccc2)C1)Nc1ccc2[nH]ccc2c1. The average Bonchev–Trinajstić information content (AvgIpc) is 3.26. The number of anilines is 1. The van der Waals surface area contributed by atoms with Crippen molar-refractivity contribution in [2.45, 2.75) is 17.7 Å². The van der Waals surface area contributed by atoms with Gasteiger partial charge in [0.05, 0.1) is 17.4 Å². The Bertz CT molecular complexity index is 1190. The summed E-state index contributed by atoms with van der Waals surface area (Å²) in [5.74, 6) is -1.15. The van der Waals surface area contributed by atoms with Crippen molar-refractivity contribution in [3.63, 3.8) is 0 Å². The first-order chi connectivity index (χ1) is 14.9. The molecule has 0 radical (unpaired) electrons. The number of H-pyrrole nitrogens is 1. The molecule has 0 saturated carbocycles. The quantitative estimate of drug-likeness (QED) is 0.546. The van der Waals surface area contributed by atoms with Gasteiger partial charge in [-0.3, -0.25) is 9.59 Å². The average molecular weight is 441 g/mol. The predicted octanol–water partition coefficient (Wildman–Crippen LogP) is 2.32. The van der Waals surface area contributed by atoms with E-state index in [0.29, 0.717) is 25.1 Å². The number of carbonyl (C=O) groups excluding carboxylic acids is 2. The second-order valence-corrected chi connectivity index (χ2v) is 9.50. The van der Waals surface area contributed by atoms with Crippen LogP contribution in [-0.2, 0) is 19.6 Å². The fourth-order valence-electron chi connectivity index (χ4n) is 3.76. The molecular weight excluding hydrogens is 416 g/mol. The number of nitrogens with zero attached hydrogens (tertiary/aromatic N) is 1. The van der Waals surface area contributed by atoms with Gasteiger partial charge in [0.2, 0.25) is 21.8 Å². The fourth-order valence-corrected chi connectivity index (χ4v) is 5.31. The Balaban J connectivity index is 1.32. The maximum absolute atomic E-state index is 12.8. The van der Waals surface area contributed by atoms with Crippen molar-refractivity contribution < 1.29 is 18.0 Å². The number of rotatable bonds is 6. The molecule has 1 saturated heterocycles. The molecule has 1 atom stereocenters. The minimum atomic E-state index is -3.64. The molecule has 1 aromatic heterocycles. The Kier molecular flexibility index (Phi) is 6.06. The second-order valence-electron chi connectivity index (χ2n) is 7.56. The van der Waals surface area contributed by atoms with Crippen molar-refractivity contribution in [3.05, 3.63) is 60.8 Å². The van der Waals surface area contributed by atoms with Crippen LogP contribution in [0.25, 0.3) is 10.9 Å². The molecule has 9 heteroatoms. The number of nitrogens with one attached hydrogen (secondary N) is 3. The number of piperidine rings is 1. The van der Waals surface area contributed by atoms with Crippen LogP contribution in [0.2, 0.25) is 0 Å². The molecule has 4 rings (SSSR count). The maximum atomic E-state index is 12.8. The van der Waals surface area contributed by atoms with Crippen LogP contribution in [0.15, 0.2) is 65.7 Å². The van der Waals surface area contributed by atoms with Gasteiger partial charge in [0.25, 0.3) is 0 Å². The van der Waals surface area contributed by atoms with Crippen LogP contribution in [0, 0.1) is 5.92 Å². The zero-order chi connectivity index (χ0) is 21.8. The van der Waals surface area contributed by atoms with E-state index < -0.39 is 15.9 Å². The second kappa shape index (κ2) is 8.91. The lowest BCUT2D eigenvalue weighted by Crippen LogP contribution is -2.46. The van der Waals surface area contributed by atoms with Gasteiger partial charge >= 0.3 is 0 Å². The van der Waals surface area contributed by atoms with Crippen LogP contribution >= 0.6 is 0 Å². The first-order valence-corrected chi connectivity index (χ1v) is 11.6. The van der Waals surface area contributed by atoms with E-state index in [1.54, 1.807) is 36.4 Å². The van der Waals surface area contributed by atoms with Crippen LogP contribution in [-0.4, -0.2) is 49.2 Å². The number of benzene rings is 2. The van der Waals surface area contributed by atoms with Crippen LogP contribution < -0.4 is 10.6 Å². The summed E-state index contributed by atoms with van der Waals surface area (Å²) in [6.45, 7) is 0.309. The summed E-state index contributed by atoms with van der Waals surface area (Å²) >= 11 is 0. The van der Waals surface area contributed by atoms with Crippen molar-refractivity contribution in [1.29, 1.82) is 0 Å². The van der Waals surface area contributed by atoms with Gasteiger partial charge in [0.15, 0.2) is 0 Å². The van der Waals surface area contributed by atoms with Crippen molar-refractivity contribution in [3.8, 4) is 0 Å². The van der Waals surface area contributed by atoms with Gasteiger partial charge in [-0.15, -0.1) is 0 Å². The molecular formula is C22H24N4O4S. The number of hydrogen-bond acceptors (Lipinski definition) is 4. The lowest BCUT2D eigenvalue weighted by atomic mass is 9.99. The summed E-state index contributed by atoms with van der Waals surface area (Å²) < 4.78 is 27.0. The Labute approximate surface area is 180 Å². The first kappa shape index (κ1) is 21.1. The highest BCUT2D eigenvalue weighted by Crippen LogP contribution is 2.24. The monoisotopic (exact) mass is 440 g/mol. The van der Waals surface area contributed by atoms with Crippen molar-refractivity contribution in [2.24, 2.45) is 5.92 Å². The molecule has 0 unspecified atom stereocenters. The number of sulfonamides is 1. The summed E-state index contributed by atoms with van der Waals surface area (Å²) in [6.07, 6.45) is 2.99. The lowest BCUT2D eigenvalue weighted by molar-refractivity contribution is -0.128. The van der Waals surface area contributed by atoms with Crippen LogP contribution in [0.3, 0.4) is 0 Å². The zero-order valence-corrected chi connectivity index (χ0v) is 17.7. The van der Waals surface area contributed by atoms with Gasteiger partial charge in [0, 0.05) is 35.9 Å². The molecule has 0 bridgehead atoms. The Morgan fingerprint density at radius 1 is 1.10 bits per heavy atom. The van der Waals surface area contributed by atoms with Crippen molar-refractivity contribution in [2.75, 3.05) is 25.0 Å². The summed E-state index contributed by atoms with van der Waals surface area (Å²) in [7, 11) is -3.64. The standard InChI is InChI=1S/C22H24N4O4S/c27-21(25-18-8-9-20-16(13-18)10-11-23-20)14-24-22(28)17-5-4-12-26(15-17)31(29,30)19-6-2-1-3-7-19/h1-3,6-11,13,17,23H,4-5,12,14-15H2,(H,24,28)(H,25,27)/t17-/m1/s1. The summed E-state index contributed by atoms with van der Waals surface area (Å²) in [6, 6.07) is 15.6. The number of hydrogen-bond donors (Lipinski definition) is 3. The van der Waals surface area contributed by atoms with E-state index in [0.717, 1.165) is 10.9 Å².